The second kappa shape index (κ2) is 11.8. The summed E-state index contributed by atoms with van der Waals surface area (Å²) < 4.78 is 61.6. The summed E-state index contributed by atoms with van der Waals surface area (Å²) in [6.45, 7) is 5.53. The van der Waals surface area contributed by atoms with E-state index in [0.29, 0.717) is 40.7 Å². The van der Waals surface area contributed by atoms with Crippen LogP contribution in [0.4, 0.5) is 13.2 Å². The van der Waals surface area contributed by atoms with Gasteiger partial charge in [-0.05, 0) is 80.7 Å². The fourth-order valence-corrected chi connectivity index (χ4v) is 6.98. The van der Waals surface area contributed by atoms with Crippen LogP contribution in [0, 0.1) is 5.82 Å². The number of benzene rings is 3. The van der Waals surface area contributed by atoms with E-state index >= 15 is 0 Å². The number of nitrogens with zero attached hydrogens (tertiary/aromatic N) is 5. The first kappa shape index (κ1) is 30.2. The summed E-state index contributed by atoms with van der Waals surface area (Å²) in [4.78, 5) is 10.0. The standard InChI is InChI=1S/C34H32ClF3N6O3/c1-34(24-7-6-21(35)16-25(24)36)46-28-4-2-3-23(30(28)47-34)19-9-12-43(13-10-19)18-29-39-26-15-20(32-40-33(31(37)38)42-41-32)5-8-27(26)44(29)17-22-11-14-45-22/h2-8,15-16,19,22,31H,9-14,17-18H2,1H3,(H,40,41,42)/t22-,34?/m0/s1. The molecule has 3 aliphatic rings. The third-order valence-electron chi connectivity index (χ3n) is 9.41. The van der Waals surface area contributed by atoms with Gasteiger partial charge >= 0.3 is 0 Å². The zero-order chi connectivity index (χ0) is 32.3. The Kier molecular flexibility index (Phi) is 7.61. The van der Waals surface area contributed by atoms with E-state index in [1.165, 1.54) is 6.07 Å². The number of hydrogen-bond acceptors (Lipinski definition) is 7. The number of hydrogen-bond donors (Lipinski definition) is 1. The Labute approximate surface area is 273 Å². The quantitative estimate of drug-likeness (QED) is 0.185. The van der Waals surface area contributed by atoms with Crippen LogP contribution in [0.1, 0.15) is 61.3 Å². The minimum absolute atomic E-state index is 0.133. The van der Waals surface area contributed by atoms with Gasteiger partial charge in [0.05, 0.1) is 35.8 Å². The van der Waals surface area contributed by atoms with Gasteiger partial charge in [0.1, 0.15) is 11.6 Å². The van der Waals surface area contributed by atoms with Crippen molar-refractivity contribution in [3.63, 3.8) is 0 Å². The summed E-state index contributed by atoms with van der Waals surface area (Å²) in [6, 6.07) is 16.1. The van der Waals surface area contributed by atoms with Crippen LogP contribution >= 0.6 is 11.6 Å². The SMILES string of the molecule is CC1(c2ccc(Cl)cc2F)Oc2cccc(C3CCN(Cc4nc5cc(-c6nnc(C(F)F)[nH]6)ccc5n4C[C@@H]4CCO4)CC3)c2O1. The number of likely N-dealkylation sites (tertiary alicyclic amines) is 1. The Hall–Kier alpha value is -4.13. The van der Waals surface area contributed by atoms with Crippen molar-refractivity contribution in [2.24, 2.45) is 0 Å². The van der Waals surface area contributed by atoms with E-state index in [-0.39, 0.29) is 17.8 Å². The smallest absolute Gasteiger partial charge is 0.297 e. The third kappa shape index (κ3) is 5.62. The molecule has 0 radical (unpaired) electrons. The maximum atomic E-state index is 14.9. The summed E-state index contributed by atoms with van der Waals surface area (Å²) in [5.41, 5.74) is 3.72. The topological polar surface area (TPSA) is 90.3 Å². The fourth-order valence-electron chi connectivity index (χ4n) is 6.83. The van der Waals surface area contributed by atoms with Crippen molar-refractivity contribution in [1.29, 1.82) is 0 Å². The minimum atomic E-state index is -2.72. The van der Waals surface area contributed by atoms with Crippen LogP contribution in [0.2, 0.25) is 5.02 Å². The Morgan fingerprint density at radius 2 is 1.87 bits per heavy atom. The Morgan fingerprint density at radius 3 is 2.60 bits per heavy atom. The zero-order valence-corrected chi connectivity index (χ0v) is 26.3. The molecule has 0 amide bonds. The predicted molar refractivity (Wildman–Crippen MR) is 168 cm³/mol. The number of imidazole rings is 1. The largest absolute Gasteiger partial charge is 0.444 e. The molecule has 0 saturated carbocycles. The van der Waals surface area contributed by atoms with E-state index in [2.05, 4.69) is 30.7 Å². The number of alkyl halides is 2. The molecule has 3 aromatic carbocycles. The van der Waals surface area contributed by atoms with Gasteiger partial charge in [0, 0.05) is 29.7 Å². The van der Waals surface area contributed by atoms with Crippen molar-refractivity contribution < 1.29 is 27.4 Å². The zero-order valence-electron chi connectivity index (χ0n) is 25.6. The number of halogens is 4. The number of ether oxygens (including phenoxy) is 3. The van der Waals surface area contributed by atoms with Crippen LogP contribution in [0.25, 0.3) is 22.4 Å². The van der Waals surface area contributed by atoms with Crippen molar-refractivity contribution in [3.8, 4) is 22.9 Å². The van der Waals surface area contributed by atoms with Crippen LogP contribution in [-0.4, -0.2) is 55.4 Å². The number of aromatic amines is 1. The van der Waals surface area contributed by atoms with E-state index in [4.69, 9.17) is 30.8 Å². The van der Waals surface area contributed by atoms with Gasteiger partial charge in [-0.3, -0.25) is 4.90 Å². The summed E-state index contributed by atoms with van der Waals surface area (Å²) in [5, 5.41) is 7.78. The maximum Gasteiger partial charge on any atom is 0.297 e. The fraction of sp³-hybridized carbons (Fsp3) is 0.382. The van der Waals surface area contributed by atoms with Crippen molar-refractivity contribution in [3.05, 3.63) is 88.2 Å². The van der Waals surface area contributed by atoms with Gasteiger partial charge in [-0.15, -0.1) is 10.2 Å². The van der Waals surface area contributed by atoms with Crippen molar-refractivity contribution in [1.82, 2.24) is 29.6 Å². The molecule has 0 spiro atoms. The first-order valence-electron chi connectivity index (χ1n) is 15.7. The molecule has 0 aliphatic carbocycles. The highest BCUT2D eigenvalue weighted by Crippen LogP contribution is 2.50. The lowest BCUT2D eigenvalue weighted by Crippen LogP contribution is -2.35. The van der Waals surface area contributed by atoms with E-state index in [0.717, 1.165) is 61.4 Å². The molecule has 0 bridgehead atoms. The van der Waals surface area contributed by atoms with E-state index < -0.39 is 23.9 Å². The summed E-state index contributed by atoms with van der Waals surface area (Å²) in [7, 11) is 0. The molecule has 2 atom stereocenters. The summed E-state index contributed by atoms with van der Waals surface area (Å²) in [6.07, 6.45) is 0.211. The van der Waals surface area contributed by atoms with Gasteiger partial charge in [0.15, 0.2) is 23.1 Å². The van der Waals surface area contributed by atoms with E-state index in [9.17, 15) is 13.2 Å². The van der Waals surface area contributed by atoms with Gasteiger partial charge in [-0.2, -0.15) is 0 Å². The average Bonchev–Trinajstić information content (AvgIpc) is 3.74. The Balaban J connectivity index is 0.997. The number of nitrogens with one attached hydrogen (secondary N) is 1. The monoisotopic (exact) mass is 664 g/mol. The van der Waals surface area contributed by atoms with E-state index in [1.807, 2.05) is 30.3 Å². The first-order chi connectivity index (χ1) is 22.7. The molecule has 5 heterocycles. The lowest BCUT2D eigenvalue weighted by atomic mass is 9.88. The molecular formula is C34H32ClF3N6O3. The number of aromatic nitrogens is 5. The average molecular weight is 665 g/mol. The molecular weight excluding hydrogens is 633 g/mol. The first-order valence-corrected chi connectivity index (χ1v) is 16.1. The molecule has 5 aromatic rings. The van der Waals surface area contributed by atoms with Crippen LogP contribution in [0.5, 0.6) is 11.5 Å². The number of para-hydroxylation sites is 1. The van der Waals surface area contributed by atoms with Gasteiger partial charge in [0.25, 0.3) is 12.2 Å². The lowest BCUT2D eigenvalue weighted by Gasteiger charge is -2.33. The minimum Gasteiger partial charge on any atom is -0.444 e. The second-order valence-corrected chi connectivity index (χ2v) is 12.9. The van der Waals surface area contributed by atoms with Crippen LogP contribution in [-0.2, 0) is 23.6 Å². The Morgan fingerprint density at radius 1 is 1.04 bits per heavy atom. The highest BCUT2D eigenvalue weighted by Gasteiger charge is 2.43. The number of rotatable bonds is 8. The van der Waals surface area contributed by atoms with Gasteiger partial charge in [-0.1, -0.05) is 23.7 Å². The van der Waals surface area contributed by atoms with E-state index in [1.54, 1.807) is 19.1 Å². The maximum absolute atomic E-state index is 14.9. The number of fused-ring (bicyclic) bond motifs is 2. The van der Waals surface area contributed by atoms with Gasteiger partial charge in [-0.25, -0.2) is 18.2 Å². The molecule has 2 saturated heterocycles. The predicted octanol–water partition coefficient (Wildman–Crippen LogP) is 7.36. The molecule has 13 heteroatoms. The van der Waals surface area contributed by atoms with Crippen molar-refractivity contribution in [2.45, 2.75) is 63.5 Å². The molecule has 2 aromatic heterocycles. The van der Waals surface area contributed by atoms with Crippen LogP contribution in [0.15, 0.2) is 54.6 Å². The lowest BCUT2D eigenvalue weighted by molar-refractivity contribution is -0.0712. The summed E-state index contributed by atoms with van der Waals surface area (Å²) in [5.74, 6) is 0.478. The van der Waals surface area contributed by atoms with Crippen molar-refractivity contribution in [2.75, 3.05) is 19.7 Å². The Bertz CT molecular complexity index is 1950. The van der Waals surface area contributed by atoms with Crippen molar-refractivity contribution >= 4 is 22.6 Å². The van der Waals surface area contributed by atoms with Gasteiger partial charge < -0.3 is 23.8 Å². The molecule has 9 nitrogen and oxygen atoms in total. The molecule has 3 aliphatic heterocycles. The highest BCUT2D eigenvalue weighted by molar-refractivity contribution is 6.30. The molecule has 47 heavy (non-hydrogen) atoms. The number of H-pyrrole nitrogens is 1. The van der Waals surface area contributed by atoms with Crippen LogP contribution in [0.3, 0.4) is 0 Å². The highest BCUT2D eigenvalue weighted by atomic mass is 35.5. The van der Waals surface area contributed by atoms with Crippen LogP contribution < -0.4 is 9.47 Å². The normalized spacial score (nSPS) is 21.5. The second-order valence-electron chi connectivity index (χ2n) is 12.5. The molecule has 1 unspecified atom stereocenters. The molecule has 2 fully saturated rings. The van der Waals surface area contributed by atoms with Gasteiger partial charge in [0.2, 0.25) is 0 Å². The molecule has 244 valence electrons. The molecule has 8 rings (SSSR count). The number of piperidine rings is 1. The molecule has 1 N–H and O–H groups in total. The summed E-state index contributed by atoms with van der Waals surface area (Å²) >= 11 is 5.98. The third-order valence-corrected chi connectivity index (χ3v) is 9.65.